The zero-order chi connectivity index (χ0) is 11.1. The fraction of sp³-hybridized carbons (Fsp3) is 0.417. The minimum atomic E-state index is 0.147. The second-order valence-corrected chi connectivity index (χ2v) is 3.42. The molecule has 3 heteroatoms. The van der Waals surface area contributed by atoms with Gasteiger partial charge in [-0.05, 0) is 18.6 Å². The number of nitrogens with zero attached hydrogens (tertiary/aromatic N) is 1. The van der Waals surface area contributed by atoms with Crippen molar-refractivity contribution in [1.82, 2.24) is 0 Å². The summed E-state index contributed by atoms with van der Waals surface area (Å²) in [6, 6.07) is 9.66. The average Bonchev–Trinajstić information content (AvgIpc) is 2.27. The SMILES string of the molecule is CCCC(=O)N(CCN)c1ccccc1. The van der Waals surface area contributed by atoms with E-state index >= 15 is 0 Å². The maximum absolute atomic E-state index is 11.8. The van der Waals surface area contributed by atoms with Crippen molar-refractivity contribution < 1.29 is 4.79 Å². The van der Waals surface area contributed by atoms with Crippen LogP contribution in [0.2, 0.25) is 0 Å². The zero-order valence-corrected chi connectivity index (χ0v) is 9.15. The van der Waals surface area contributed by atoms with Crippen molar-refractivity contribution in [2.75, 3.05) is 18.0 Å². The lowest BCUT2D eigenvalue weighted by Gasteiger charge is -2.21. The van der Waals surface area contributed by atoms with E-state index < -0.39 is 0 Å². The second-order valence-electron chi connectivity index (χ2n) is 3.42. The van der Waals surface area contributed by atoms with Crippen LogP contribution in [0.1, 0.15) is 19.8 Å². The first-order valence-corrected chi connectivity index (χ1v) is 5.35. The Bertz CT molecular complexity index is 298. The lowest BCUT2D eigenvalue weighted by Crippen LogP contribution is -2.35. The van der Waals surface area contributed by atoms with Crippen molar-refractivity contribution >= 4 is 11.6 Å². The van der Waals surface area contributed by atoms with Gasteiger partial charge in [0.15, 0.2) is 0 Å². The van der Waals surface area contributed by atoms with Gasteiger partial charge in [0, 0.05) is 25.2 Å². The molecule has 0 atom stereocenters. The van der Waals surface area contributed by atoms with Crippen LogP contribution in [0.15, 0.2) is 30.3 Å². The molecule has 1 amide bonds. The standard InChI is InChI=1S/C12H18N2O/c1-2-6-12(15)14(10-9-13)11-7-4-3-5-8-11/h3-5,7-8H,2,6,9-10,13H2,1H3. The Morgan fingerprint density at radius 1 is 1.33 bits per heavy atom. The number of nitrogens with two attached hydrogens (primary N) is 1. The topological polar surface area (TPSA) is 46.3 Å². The third-order valence-electron chi connectivity index (χ3n) is 2.19. The molecule has 1 rings (SSSR count). The molecule has 0 heterocycles. The molecule has 0 spiro atoms. The minimum absolute atomic E-state index is 0.147. The van der Waals surface area contributed by atoms with Gasteiger partial charge in [-0.2, -0.15) is 0 Å². The molecule has 82 valence electrons. The van der Waals surface area contributed by atoms with E-state index in [4.69, 9.17) is 5.73 Å². The highest BCUT2D eigenvalue weighted by Gasteiger charge is 2.12. The van der Waals surface area contributed by atoms with Gasteiger partial charge in [-0.3, -0.25) is 4.79 Å². The molecule has 0 fully saturated rings. The molecule has 0 aliphatic rings. The Hall–Kier alpha value is -1.35. The monoisotopic (exact) mass is 206 g/mol. The molecular weight excluding hydrogens is 188 g/mol. The molecule has 0 aromatic heterocycles. The number of rotatable bonds is 5. The number of hydrogen-bond acceptors (Lipinski definition) is 2. The van der Waals surface area contributed by atoms with Crippen LogP contribution >= 0.6 is 0 Å². The fourth-order valence-corrected chi connectivity index (χ4v) is 1.48. The number of anilines is 1. The van der Waals surface area contributed by atoms with Crippen molar-refractivity contribution in [3.05, 3.63) is 30.3 Å². The quantitative estimate of drug-likeness (QED) is 0.798. The van der Waals surface area contributed by atoms with E-state index in [9.17, 15) is 4.79 Å². The predicted molar refractivity (Wildman–Crippen MR) is 62.8 cm³/mol. The average molecular weight is 206 g/mol. The lowest BCUT2D eigenvalue weighted by molar-refractivity contribution is -0.118. The van der Waals surface area contributed by atoms with Crippen LogP contribution in [-0.2, 0) is 4.79 Å². The van der Waals surface area contributed by atoms with E-state index in [0.717, 1.165) is 12.1 Å². The van der Waals surface area contributed by atoms with E-state index in [-0.39, 0.29) is 5.91 Å². The van der Waals surface area contributed by atoms with Crippen molar-refractivity contribution in [1.29, 1.82) is 0 Å². The van der Waals surface area contributed by atoms with Crippen LogP contribution in [0.3, 0.4) is 0 Å². The maximum Gasteiger partial charge on any atom is 0.227 e. The Kier molecular flexibility index (Phi) is 4.84. The molecule has 2 N–H and O–H groups in total. The molecule has 15 heavy (non-hydrogen) atoms. The number of benzene rings is 1. The van der Waals surface area contributed by atoms with Crippen LogP contribution in [-0.4, -0.2) is 19.0 Å². The summed E-state index contributed by atoms with van der Waals surface area (Å²) in [5, 5.41) is 0. The first-order valence-electron chi connectivity index (χ1n) is 5.35. The molecular formula is C12H18N2O. The normalized spacial score (nSPS) is 10.0. The molecule has 0 radical (unpaired) electrons. The molecule has 1 aromatic carbocycles. The molecule has 1 aromatic rings. The number of amides is 1. The molecule has 0 bridgehead atoms. The van der Waals surface area contributed by atoms with E-state index in [1.54, 1.807) is 4.90 Å². The van der Waals surface area contributed by atoms with Gasteiger partial charge in [0.25, 0.3) is 0 Å². The van der Waals surface area contributed by atoms with Gasteiger partial charge < -0.3 is 10.6 Å². The minimum Gasteiger partial charge on any atom is -0.329 e. The van der Waals surface area contributed by atoms with Crippen molar-refractivity contribution in [3.8, 4) is 0 Å². The predicted octanol–water partition coefficient (Wildman–Crippen LogP) is 1.78. The third kappa shape index (κ3) is 3.36. The first-order chi connectivity index (χ1) is 7.29. The molecule has 0 aliphatic carbocycles. The molecule has 0 unspecified atom stereocenters. The number of hydrogen-bond donors (Lipinski definition) is 1. The summed E-state index contributed by atoms with van der Waals surface area (Å²) in [6.45, 7) is 3.08. The van der Waals surface area contributed by atoms with E-state index in [1.807, 2.05) is 37.3 Å². The van der Waals surface area contributed by atoms with Gasteiger partial charge >= 0.3 is 0 Å². The van der Waals surface area contributed by atoms with E-state index in [0.29, 0.717) is 19.5 Å². The van der Waals surface area contributed by atoms with Crippen LogP contribution < -0.4 is 10.6 Å². The smallest absolute Gasteiger partial charge is 0.227 e. The summed E-state index contributed by atoms with van der Waals surface area (Å²) in [4.78, 5) is 13.6. The number of carbonyl (C=O) groups is 1. The zero-order valence-electron chi connectivity index (χ0n) is 9.15. The largest absolute Gasteiger partial charge is 0.329 e. The molecule has 0 saturated carbocycles. The molecule has 0 saturated heterocycles. The Balaban J connectivity index is 2.78. The summed E-state index contributed by atoms with van der Waals surface area (Å²) >= 11 is 0. The summed E-state index contributed by atoms with van der Waals surface area (Å²) in [6.07, 6.45) is 1.45. The van der Waals surface area contributed by atoms with E-state index in [1.165, 1.54) is 0 Å². The fourth-order valence-electron chi connectivity index (χ4n) is 1.48. The highest BCUT2D eigenvalue weighted by atomic mass is 16.2. The number of carbonyl (C=O) groups excluding carboxylic acids is 1. The third-order valence-corrected chi connectivity index (χ3v) is 2.19. The summed E-state index contributed by atoms with van der Waals surface area (Å²) in [7, 11) is 0. The highest BCUT2D eigenvalue weighted by Crippen LogP contribution is 2.14. The van der Waals surface area contributed by atoms with Crippen molar-refractivity contribution in [2.45, 2.75) is 19.8 Å². The van der Waals surface area contributed by atoms with Gasteiger partial charge in [0.1, 0.15) is 0 Å². The lowest BCUT2D eigenvalue weighted by atomic mass is 10.2. The van der Waals surface area contributed by atoms with Gasteiger partial charge in [-0.15, -0.1) is 0 Å². The van der Waals surface area contributed by atoms with Crippen LogP contribution in [0.25, 0.3) is 0 Å². The van der Waals surface area contributed by atoms with Crippen molar-refractivity contribution in [3.63, 3.8) is 0 Å². The van der Waals surface area contributed by atoms with Gasteiger partial charge in [-0.1, -0.05) is 25.1 Å². The summed E-state index contributed by atoms with van der Waals surface area (Å²) < 4.78 is 0. The van der Waals surface area contributed by atoms with Crippen molar-refractivity contribution in [2.24, 2.45) is 5.73 Å². The second kappa shape index (κ2) is 6.19. The Morgan fingerprint density at radius 2 is 2.00 bits per heavy atom. The van der Waals surface area contributed by atoms with Gasteiger partial charge in [0.05, 0.1) is 0 Å². The molecule has 3 nitrogen and oxygen atoms in total. The maximum atomic E-state index is 11.8. The van der Waals surface area contributed by atoms with Crippen LogP contribution in [0.4, 0.5) is 5.69 Å². The van der Waals surface area contributed by atoms with Gasteiger partial charge in [0.2, 0.25) is 5.91 Å². The first kappa shape index (κ1) is 11.7. The highest BCUT2D eigenvalue weighted by molar-refractivity contribution is 5.93. The van der Waals surface area contributed by atoms with Crippen LogP contribution in [0, 0.1) is 0 Å². The van der Waals surface area contributed by atoms with E-state index in [2.05, 4.69) is 0 Å². The summed E-state index contributed by atoms with van der Waals surface area (Å²) in [5.74, 6) is 0.147. The Labute approximate surface area is 90.9 Å². The number of para-hydroxylation sites is 1. The summed E-state index contributed by atoms with van der Waals surface area (Å²) in [5.41, 5.74) is 6.44. The Morgan fingerprint density at radius 3 is 2.53 bits per heavy atom. The van der Waals surface area contributed by atoms with Gasteiger partial charge in [-0.25, -0.2) is 0 Å². The van der Waals surface area contributed by atoms with Crippen LogP contribution in [0.5, 0.6) is 0 Å². The molecule has 0 aliphatic heterocycles.